The molecule has 2 aromatic heterocycles. The molecule has 190 valence electrons. The van der Waals surface area contributed by atoms with E-state index >= 15 is 0 Å². The maximum atomic E-state index is 12.7. The van der Waals surface area contributed by atoms with Crippen molar-refractivity contribution in [2.75, 3.05) is 50.6 Å². The number of morpholine rings is 1. The fraction of sp³-hybridized carbons (Fsp3) is 0.250. The van der Waals surface area contributed by atoms with Crippen molar-refractivity contribution in [2.24, 2.45) is 0 Å². The van der Waals surface area contributed by atoms with Crippen LogP contribution < -0.4 is 15.4 Å². The van der Waals surface area contributed by atoms with E-state index in [9.17, 15) is 4.79 Å². The van der Waals surface area contributed by atoms with Crippen molar-refractivity contribution < 1.29 is 14.3 Å². The number of carbonyl (C=O) groups is 1. The number of carbonyl (C=O) groups excluding carboxylic acids is 1. The van der Waals surface area contributed by atoms with Crippen molar-refractivity contribution in [2.45, 2.75) is 6.42 Å². The number of ether oxygens (including phenoxy) is 2. The van der Waals surface area contributed by atoms with Crippen molar-refractivity contribution in [1.29, 1.82) is 0 Å². The highest BCUT2D eigenvalue weighted by atomic mass is 32.1. The molecular weight excluding hydrogens is 486 g/mol. The topological polar surface area (TPSA) is 88.6 Å². The molecule has 2 N–H and O–H groups in total. The minimum Gasteiger partial charge on any atom is -0.497 e. The Kier molecular flexibility index (Phi) is 8.05. The molecule has 1 amide bonds. The van der Waals surface area contributed by atoms with Gasteiger partial charge < -0.3 is 20.1 Å². The van der Waals surface area contributed by atoms with Gasteiger partial charge in [0.1, 0.15) is 5.75 Å². The summed E-state index contributed by atoms with van der Waals surface area (Å²) in [7, 11) is 1.60. The third-order valence-corrected chi connectivity index (χ3v) is 7.20. The first-order chi connectivity index (χ1) is 18.2. The van der Waals surface area contributed by atoms with E-state index in [0.29, 0.717) is 22.3 Å². The van der Waals surface area contributed by atoms with E-state index < -0.39 is 0 Å². The molecule has 1 aliphatic heterocycles. The lowest BCUT2D eigenvalue weighted by Gasteiger charge is -2.26. The highest BCUT2D eigenvalue weighted by Crippen LogP contribution is 2.28. The van der Waals surface area contributed by atoms with E-state index in [2.05, 4.69) is 49.8 Å². The number of thiophene rings is 1. The van der Waals surface area contributed by atoms with Crippen LogP contribution in [-0.2, 0) is 11.2 Å². The maximum absolute atomic E-state index is 12.7. The van der Waals surface area contributed by atoms with Crippen molar-refractivity contribution in [3.05, 3.63) is 83.4 Å². The average Bonchev–Trinajstić information content (AvgIpc) is 3.44. The lowest BCUT2D eigenvalue weighted by Crippen LogP contribution is -2.37. The second kappa shape index (κ2) is 12.0. The van der Waals surface area contributed by atoms with Gasteiger partial charge in [0.25, 0.3) is 5.91 Å². The molecule has 5 rings (SSSR count). The van der Waals surface area contributed by atoms with Crippen LogP contribution in [0.25, 0.3) is 10.6 Å². The Morgan fingerprint density at radius 3 is 2.70 bits per heavy atom. The van der Waals surface area contributed by atoms with Gasteiger partial charge in [-0.15, -0.1) is 11.3 Å². The number of benzene rings is 2. The quantitative estimate of drug-likeness (QED) is 0.321. The van der Waals surface area contributed by atoms with E-state index in [4.69, 9.17) is 9.47 Å². The fourth-order valence-electron chi connectivity index (χ4n) is 4.04. The van der Waals surface area contributed by atoms with Crippen LogP contribution in [0.5, 0.6) is 5.75 Å². The Hall–Kier alpha value is -3.79. The van der Waals surface area contributed by atoms with Gasteiger partial charge in [-0.2, -0.15) is 0 Å². The third-order valence-electron chi connectivity index (χ3n) is 6.10. The number of anilines is 3. The summed E-state index contributed by atoms with van der Waals surface area (Å²) in [6.07, 6.45) is 2.73. The Balaban J connectivity index is 1.19. The molecule has 0 aliphatic carbocycles. The number of nitrogens with one attached hydrogen (secondary N) is 2. The van der Waals surface area contributed by atoms with Gasteiger partial charge in [-0.25, -0.2) is 9.97 Å². The van der Waals surface area contributed by atoms with Crippen LogP contribution in [0.3, 0.4) is 0 Å². The number of methoxy groups -OCH3 is 1. The molecule has 4 aromatic rings. The minimum atomic E-state index is -0.175. The van der Waals surface area contributed by atoms with Gasteiger partial charge in [-0.1, -0.05) is 18.2 Å². The Morgan fingerprint density at radius 1 is 1.05 bits per heavy atom. The number of aromatic nitrogens is 2. The first-order valence-electron chi connectivity index (χ1n) is 12.2. The summed E-state index contributed by atoms with van der Waals surface area (Å²) in [5.74, 6) is 1.02. The van der Waals surface area contributed by atoms with Gasteiger partial charge in [0.15, 0.2) is 0 Å². The van der Waals surface area contributed by atoms with Crippen molar-refractivity contribution in [1.82, 2.24) is 14.9 Å². The van der Waals surface area contributed by atoms with Gasteiger partial charge in [-0.3, -0.25) is 9.69 Å². The molecule has 37 heavy (non-hydrogen) atoms. The van der Waals surface area contributed by atoms with Gasteiger partial charge in [0.2, 0.25) is 5.95 Å². The van der Waals surface area contributed by atoms with Crippen LogP contribution in [0, 0.1) is 0 Å². The smallest absolute Gasteiger partial charge is 0.265 e. The lowest BCUT2D eigenvalue weighted by molar-refractivity contribution is 0.0384. The van der Waals surface area contributed by atoms with Crippen molar-refractivity contribution >= 4 is 34.6 Å². The summed E-state index contributed by atoms with van der Waals surface area (Å²) in [5, 5.41) is 6.20. The summed E-state index contributed by atoms with van der Waals surface area (Å²) >= 11 is 1.38. The summed E-state index contributed by atoms with van der Waals surface area (Å²) in [5.41, 5.74) is 3.66. The number of rotatable bonds is 9. The largest absolute Gasteiger partial charge is 0.497 e. The zero-order valence-corrected chi connectivity index (χ0v) is 21.5. The summed E-state index contributed by atoms with van der Waals surface area (Å²) in [6.45, 7) is 4.70. The van der Waals surface area contributed by atoms with Gasteiger partial charge >= 0.3 is 0 Å². The van der Waals surface area contributed by atoms with E-state index in [0.717, 1.165) is 55.5 Å². The second-order valence-corrected chi connectivity index (χ2v) is 9.73. The molecule has 0 atom stereocenters. The first kappa shape index (κ1) is 24.9. The lowest BCUT2D eigenvalue weighted by atomic mass is 10.1. The SMILES string of the molecule is COc1cccc(NC(=O)c2ccc(-c3ccnc(Nc4ccc(CCN5CCOCC5)cc4)n3)s2)c1. The predicted octanol–water partition coefficient (Wildman–Crippen LogP) is 5.08. The molecule has 3 heterocycles. The normalized spacial score (nSPS) is 13.8. The van der Waals surface area contributed by atoms with Gasteiger partial charge in [-0.05, 0) is 54.4 Å². The highest BCUT2D eigenvalue weighted by molar-refractivity contribution is 7.17. The molecule has 0 unspecified atom stereocenters. The monoisotopic (exact) mass is 515 g/mol. The number of hydrogen-bond acceptors (Lipinski definition) is 8. The fourth-order valence-corrected chi connectivity index (χ4v) is 4.91. The van der Waals surface area contributed by atoms with Crippen molar-refractivity contribution in [3.8, 4) is 16.3 Å². The molecular formula is C28H29N5O3S. The van der Waals surface area contributed by atoms with Crippen LogP contribution in [0.15, 0.2) is 72.9 Å². The first-order valence-corrected chi connectivity index (χ1v) is 13.0. The van der Waals surface area contributed by atoms with E-state index in [1.54, 1.807) is 25.4 Å². The molecule has 9 heteroatoms. The van der Waals surface area contributed by atoms with Crippen LogP contribution >= 0.6 is 11.3 Å². The summed E-state index contributed by atoms with van der Waals surface area (Å²) < 4.78 is 10.6. The molecule has 1 fully saturated rings. The molecule has 0 saturated carbocycles. The molecule has 8 nitrogen and oxygen atoms in total. The van der Waals surface area contributed by atoms with Crippen LogP contribution in [0.4, 0.5) is 17.3 Å². The van der Waals surface area contributed by atoms with Crippen LogP contribution in [0.1, 0.15) is 15.2 Å². The number of amides is 1. The second-order valence-electron chi connectivity index (χ2n) is 8.64. The predicted molar refractivity (Wildman–Crippen MR) is 147 cm³/mol. The standard InChI is InChI=1S/C28H29N5O3S/c1-35-23-4-2-3-22(19-23)30-27(34)26-10-9-25(37-26)24-11-13-29-28(32-24)31-21-7-5-20(6-8-21)12-14-33-15-17-36-18-16-33/h2-11,13,19H,12,14-18H2,1H3,(H,30,34)(H,29,31,32). The van der Waals surface area contributed by atoms with E-state index in [1.165, 1.54) is 16.9 Å². The average molecular weight is 516 g/mol. The van der Waals surface area contributed by atoms with Gasteiger partial charge in [0.05, 0.1) is 35.8 Å². The molecule has 1 aliphatic rings. The van der Waals surface area contributed by atoms with Crippen LogP contribution in [-0.4, -0.2) is 60.7 Å². The Bertz CT molecular complexity index is 1340. The van der Waals surface area contributed by atoms with Crippen LogP contribution in [0.2, 0.25) is 0 Å². The highest BCUT2D eigenvalue weighted by Gasteiger charge is 2.13. The summed E-state index contributed by atoms with van der Waals surface area (Å²) in [4.78, 5) is 25.7. The molecule has 0 spiro atoms. The third kappa shape index (κ3) is 6.71. The van der Waals surface area contributed by atoms with E-state index in [-0.39, 0.29) is 5.91 Å². The zero-order chi connectivity index (χ0) is 25.5. The Morgan fingerprint density at radius 2 is 1.89 bits per heavy atom. The molecule has 1 saturated heterocycles. The molecule has 0 bridgehead atoms. The summed E-state index contributed by atoms with van der Waals surface area (Å²) in [6, 6.07) is 21.2. The Labute approximate surface area is 220 Å². The number of hydrogen-bond donors (Lipinski definition) is 2. The molecule has 2 aromatic carbocycles. The van der Waals surface area contributed by atoms with E-state index in [1.807, 2.05) is 30.3 Å². The molecule has 0 radical (unpaired) electrons. The number of nitrogens with zero attached hydrogens (tertiary/aromatic N) is 3. The zero-order valence-electron chi connectivity index (χ0n) is 20.6. The maximum Gasteiger partial charge on any atom is 0.265 e. The van der Waals surface area contributed by atoms with Crippen molar-refractivity contribution in [3.63, 3.8) is 0 Å². The van der Waals surface area contributed by atoms with Gasteiger partial charge in [0, 0.05) is 43.3 Å². The minimum absolute atomic E-state index is 0.175.